The number of hydrogen-bond acceptors (Lipinski definition) is 6. The largest absolute Gasteiger partial charge is 0.380 e. The molecule has 2 aromatic rings. The third-order valence-corrected chi connectivity index (χ3v) is 4.78. The summed E-state index contributed by atoms with van der Waals surface area (Å²) >= 11 is 1.37. The summed E-state index contributed by atoms with van der Waals surface area (Å²) in [4.78, 5) is 19.9. The van der Waals surface area contributed by atoms with Gasteiger partial charge in [-0.15, -0.1) is 11.3 Å². The first-order chi connectivity index (χ1) is 11.2. The molecule has 2 N–H and O–H groups in total. The number of amides is 2. The first-order valence-electron chi connectivity index (χ1n) is 7.12. The number of rotatable bonds is 4. The Balaban J connectivity index is 1.65. The van der Waals surface area contributed by atoms with Crippen molar-refractivity contribution in [1.82, 2.24) is 25.4 Å². The molecule has 0 aliphatic carbocycles. The zero-order valence-corrected chi connectivity index (χ0v) is 13.3. The van der Waals surface area contributed by atoms with Crippen LogP contribution in [-0.4, -0.2) is 45.9 Å². The second-order valence-corrected chi connectivity index (χ2v) is 6.34. The lowest BCUT2D eigenvalue weighted by molar-refractivity contribution is 0.110. The van der Waals surface area contributed by atoms with Crippen molar-refractivity contribution in [2.75, 3.05) is 13.7 Å². The average molecular weight is 332 g/mol. The number of nitrogens with zero attached hydrogens (tertiary/aromatic N) is 4. The Morgan fingerprint density at radius 3 is 3.17 bits per heavy atom. The maximum absolute atomic E-state index is 12.5. The SMILES string of the molecule is CO[C@@H]1C[C@@H](c2ncn[nH]2)N(C(=O)NCc2ccc(C#N)s2)C1. The second-order valence-electron chi connectivity index (χ2n) is 5.17. The summed E-state index contributed by atoms with van der Waals surface area (Å²) in [6.07, 6.45) is 2.08. The summed E-state index contributed by atoms with van der Waals surface area (Å²) in [6.45, 7) is 0.893. The van der Waals surface area contributed by atoms with Crippen molar-refractivity contribution in [3.63, 3.8) is 0 Å². The van der Waals surface area contributed by atoms with E-state index in [0.717, 1.165) is 4.88 Å². The number of ether oxygens (including phenoxy) is 1. The van der Waals surface area contributed by atoms with Crippen LogP contribution in [0.15, 0.2) is 18.5 Å². The van der Waals surface area contributed by atoms with Gasteiger partial charge in [0.15, 0.2) is 0 Å². The van der Waals surface area contributed by atoms with Crippen LogP contribution in [-0.2, 0) is 11.3 Å². The van der Waals surface area contributed by atoms with Crippen LogP contribution >= 0.6 is 11.3 Å². The third kappa shape index (κ3) is 3.33. The van der Waals surface area contributed by atoms with Gasteiger partial charge in [-0.3, -0.25) is 5.10 Å². The predicted octanol–water partition coefficient (Wildman–Crippen LogP) is 1.41. The fourth-order valence-corrected chi connectivity index (χ4v) is 3.37. The minimum Gasteiger partial charge on any atom is -0.380 e. The monoisotopic (exact) mass is 332 g/mol. The van der Waals surface area contributed by atoms with E-state index < -0.39 is 0 Å². The predicted molar refractivity (Wildman–Crippen MR) is 82.5 cm³/mol. The number of hydrogen-bond donors (Lipinski definition) is 2. The Hall–Kier alpha value is -2.44. The van der Waals surface area contributed by atoms with Gasteiger partial charge in [0.05, 0.1) is 18.7 Å². The number of thiophene rings is 1. The number of methoxy groups -OCH3 is 1. The molecule has 1 saturated heterocycles. The highest BCUT2D eigenvalue weighted by molar-refractivity contribution is 7.12. The van der Waals surface area contributed by atoms with E-state index >= 15 is 0 Å². The molecule has 0 aromatic carbocycles. The van der Waals surface area contributed by atoms with Crippen molar-refractivity contribution in [3.8, 4) is 6.07 Å². The van der Waals surface area contributed by atoms with E-state index in [4.69, 9.17) is 10.00 Å². The Morgan fingerprint density at radius 2 is 2.52 bits per heavy atom. The molecule has 2 aromatic heterocycles. The molecule has 2 atom stereocenters. The molecule has 23 heavy (non-hydrogen) atoms. The summed E-state index contributed by atoms with van der Waals surface area (Å²) in [6, 6.07) is 5.32. The van der Waals surface area contributed by atoms with Crippen LogP contribution in [0.1, 0.15) is 28.0 Å². The molecule has 3 heterocycles. The number of nitrogens with one attached hydrogen (secondary N) is 2. The van der Waals surface area contributed by atoms with E-state index in [1.54, 1.807) is 18.1 Å². The quantitative estimate of drug-likeness (QED) is 0.880. The van der Waals surface area contributed by atoms with Crippen LogP contribution in [0, 0.1) is 11.3 Å². The standard InChI is InChI=1S/C14H16N6O2S/c1-22-9-4-12(13-17-8-18-19-13)20(7-9)14(21)16-6-11-3-2-10(5-15)23-11/h2-3,8-9,12H,4,6-7H2,1H3,(H,16,21)(H,17,18,19)/t9-,12+/m1/s1. The van der Waals surface area contributed by atoms with Gasteiger partial charge >= 0.3 is 6.03 Å². The van der Waals surface area contributed by atoms with Gasteiger partial charge in [0.2, 0.25) is 0 Å². The van der Waals surface area contributed by atoms with Gasteiger partial charge in [-0.05, 0) is 12.1 Å². The lowest BCUT2D eigenvalue weighted by Crippen LogP contribution is -2.40. The molecule has 9 heteroatoms. The van der Waals surface area contributed by atoms with Gasteiger partial charge in [0, 0.05) is 25.0 Å². The van der Waals surface area contributed by atoms with Crippen LogP contribution in [0.25, 0.3) is 0 Å². The Morgan fingerprint density at radius 1 is 1.65 bits per heavy atom. The zero-order valence-electron chi connectivity index (χ0n) is 12.5. The maximum atomic E-state index is 12.5. The highest BCUT2D eigenvalue weighted by Crippen LogP contribution is 2.31. The second kappa shape index (κ2) is 6.76. The van der Waals surface area contributed by atoms with Gasteiger partial charge in [-0.25, -0.2) is 9.78 Å². The normalized spacial score (nSPS) is 20.4. The molecule has 0 radical (unpaired) electrons. The van der Waals surface area contributed by atoms with Gasteiger partial charge in [0.25, 0.3) is 0 Å². The molecule has 0 saturated carbocycles. The van der Waals surface area contributed by atoms with Crippen molar-refractivity contribution < 1.29 is 9.53 Å². The topological polar surface area (TPSA) is 107 Å². The Bertz CT molecular complexity index is 707. The van der Waals surface area contributed by atoms with E-state index in [2.05, 4.69) is 26.6 Å². The van der Waals surface area contributed by atoms with Crippen molar-refractivity contribution in [3.05, 3.63) is 34.0 Å². The summed E-state index contributed by atoms with van der Waals surface area (Å²) in [5, 5.41) is 18.4. The number of carbonyl (C=O) groups excluding carboxylic acids is 1. The maximum Gasteiger partial charge on any atom is 0.318 e. The van der Waals surface area contributed by atoms with E-state index in [0.29, 0.717) is 30.2 Å². The number of aromatic amines is 1. The molecule has 1 aliphatic rings. The lowest BCUT2D eigenvalue weighted by Gasteiger charge is -2.22. The number of likely N-dealkylation sites (tertiary alicyclic amines) is 1. The zero-order chi connectivity index (χ0) is 16.2. The molecule has 120 valence electrons. The average Bonchev–Trinajstić information content (AvgIpc) is 3.31. The molecular formula is C14H16N6O2S. The highest BCUT2D eigenvalue weighted by atomic mass is 32.1. The number of nitriles is 1. The Kier molecular flexibility index (Phi) is 4.55. The minimum absolute atomic E-state index is 0.0252. The number of H-pyrrole nitrogens is 1. The van der Waals surface area contributed by atoms with Gasteiger partial charge < -0.3 is 15.0 Å². The molecule has 3 rings (SSSR count). The van der Waals surface area contributed by atoms with Crippen LogP contribution in [0.4, 0.5) is 4.79 Å². The third-order valence-electron chi connectivity index (χ3n) is 3.79. The van der Waals surface area contributed by atoms with Gasteiger partial charge in [-0.2, -0.15) is 10.4 Å². The van der Waals surface area contributed by atoms with Crippen LogP contribution < -0.4 is 5.32 Å². The lowest BCUT2D eigenvalue weighted by atomic mass is 10.2. The van der Waals surface area contributed by atoms with Crippen molar-refractivity contribution in [2.24, 2.45) is 0 Å². The molecule has 8 nitrogen and oxygen atoms in total. The molecule has 2 amide bonds. The molecule has 0 unspecified atom stereocenters. The molecular weight excluding hydrogens is 316 g/mol. The summed E-state index contributed by atoms with van der Waals surface area (Å²) in [7, 11) is 1.64. The van der Waals surface area contributed by atoms with Gasteiger partial charge in [-0.1, -0.05) is 0 Å². The van der Waals surface area contributed by atoms with Crippen LogP contribution in [0.3, 0.4) is 0 Å². The first kappa shape index (κ1) is 15.5. The fourth-order valence-electron chi connectivity index (χ4n) is 2.62. The number of urea groups is 1. The summed E-state index contributed by atoms with van der Waals surface area (Å²) in [5.41, 5.74) is 0. The van der Waals surface area contributed by atoms with Crippen LogP contribution in [0.5, 0.6) is 0 Å². The number of aromatic nitrogens is 3. The molecule has 1 fully saturated rings. The van der Waals surface area contributed by atoms with E-state index in [1.165, 1.54) is 17.7 Å². The van der Waals surface area contributed by atoms with Crippen molar-refractivity contribution >= 4 is 17.4 Å². The van der Waals surface area contributed by atoms with Crippen LogP contribution in [0.2, 0.25) is 0 Å². The Labute approximate surface area is 137 Å². The van der Waals surface area contributed by atoms with E-state index in [-0.39, 0.29) is 18.2 Å². The smallest absolute Gasteiger partial charge is 0.318 e. The number of carbonyl (C=O) groups is 1. The first-order valence-corrected chi connectivity index (χ1v) is 7.94. The molecule has 0 bridgehead atoms. The van der Waals surface area contributed by atoms with E-state index in [9.17, 15) is 4.79 Å². The summed E-state index contributed by atoms with van der Waals surface area (Å²) in [5.74, 6) is 0.655. The highest BCUT2D eigenvalue weighted by Gasteiger charge is 2.37. The summed E-state index contributed by atoms with van der Waals surface area (Å²) < 4.78 is 5.38. The molecule has 0 spiro atoms. The molecule has 1 aliphatic heterocycles. The van der Waals surface area contributed by atoms with Gasteiger partial charge in [0.1, 0.15) is 23.1 Å². The van der Waals surface area contributed by atoms with Crippen molar-refractivity contribution in [1.29, 1.82) is 5.26 Å². The fraction of sp³-hybridized carbons (Fsp3) is 0.429. The minimum atomic E-state index is -0.183. The van der Waals surface area contributed by atoms with Crippen molar-refractivity contribution in [2.45, 2.75) is 25.1 Å². The van der Waals surface area contributed by atoms with E-state index in [1.807, 2.05) is 6.07 Å².